The lowest BCUT2D eigenvalue weighted by Crippen LogP contribution is -2.60. The first kappa shape index (κ1) is 81.6. The normalized spacial score (nSPS) is 18.2. The predicted molar refractivity (Wildman–Crippen MR) is 361 cm³/mol. The summed E-state index contributed by atoms with van der Waals surface area (Å²) < 4.78 is 16.7. The number of hydrogen-bond donors (Lipinski definition) is 6. The fourth-order valence-corrected chi connectivity index (χ4v) is 11.6. The monoisotopic (exact) mass is 1210 g/mol. The van der Waals surface area contributed by atoms with Crippen molar-refractivity contribution in [3.05, 3.63) is 48.6 Å². The largest absolute Gasteiger partial charge is 0.466 e. The van der Waals surface area contributed by atoms with Crippen molar-refractivity contribution in [2.75, 3.05) is 19.8 Å². The van der Waals surface area contributed by atoms with Gasteiger partial charge in [0.1, 0.15) is 24.4 Å². The minimum atomic E-state index is -1.57. The molecule has 1 saturated heterocycles. The van der Waals surface area contributed by atoms with Gasteiger partial charge in [-0.15, -0.1) is 0 Å². The first-order valence-corrected chi connectivity index (χ1v) is 36.9. The van der Waals surface area contributed by atoms with Crippen LogP contribution in [0.5, 0.6) is 0 Å². The average Bonchev–Trinajstić information content (AvgIpc) is 3.72. The summed E-state index contributed by atoms with van der Waals surface area (Å²) in [5.41, 5.74) is 0. The zero-order valence-corrected chi connectivity index (χ0v) is 56.0. The van der Waals surface area contributed by atoms with Crippen molar-refractivity contribution < 1.29 is 49.3 Å². The van der Waals surface area contributed by atoms with Gasteiger partial charge in [0.25, 0.3) is 0 Å². The molecule has 0 spiro atoms. The van der Waals surface area contributed by atoms with Crippen molar-refractivity contribution in [2.24, 2.45) is 0 Å². The Balaban J connectivity index is 1.91. The molecule has 0 radical (unpaired) electrons. The van der Waals surface area contributed by atoms with Crippen molar-refractivity contribution in [3.63, 3.8) is 0 Å². The van der Waals surface area contributed by atoms with Crippen LogP contribution in [0.25, 0.3) is 0 Å². The van der Waals surface area contributed by atoms with Gasteiger partial charge in [-0.05, 0) is 77.0 Å². The molecule has 0 saturated carbocycles. The summed E-state index contributed by atoms with van der Waals surface area (Å²) in [6.45, 7) is 4.32. The van der Waals surface area contributed by atoms with Crippen LogP contribution in [0.15, 0.2) is 48.6 Å². The highest BCUT2D eigenvalue weighted by Crippen LogP contribution is 2.23. The molecule has 1 rings (SSSR count). The number of carbonyl (C=O) groups is 2. The maximum absolute atomic E-state index is 13.0. The van der Waals surface area contributed by atoms with E-state index in [1.807, 2.05) is 6.08 Å². The van der Waals surface area contributed by atoms with E-state index in [2.05, 4.69) is 55.6 Å². The van der Waals surface area contributed by atoms with E-state index in [4.69, 9.17) is 14.2 Å². The minimum absolute atomic E-state index is 0.0122. The smallest absolute Gasteiger partial charge is 0.305 e. The van der Waals surface area contributed by atoms with Gasteiger partial charge in [-0.1, -0.05) is 313 Å². The molecule has 0 aromatic carbocycles. The molecule has 11 nitrogen and oxygen atoms in total. The van der Waals surface area contributed by atoms with Crippen LogP contribution in [-0.2, 0) is 23.8 Å². The van der Waals surface area contributed by atoms with Gasteiger partial charge in [0.2, 0.25) is 5.91 Å². The van der Waals surface area contributed by atoms with Crippen LogP contribution >= 0.6 is 0 Å². The van der Waals surface area contributed by atoms with E-state index in [-0.39, 0.29) is 18.5 Å². The first-order valence-electron chi connectivity index (χ1n) is 36.9. The molecule has 7 atom stereocenters. The van der Waals surface area contributed by atoms with Crippen LogP contribution < -0.4 is 5.32 Å². The number of nitrogens with one attached hydrogen (secondary N) is 1. The number of aliphatic hydroxyl groups is 5. The molecular formula is C75H139NO10. The Hall–Kier alpha value is -2.38. The molecule has 86 heavy (non-hydrogen) atoms. The van der Waals surface area contributed by atoms with Crippen LogP contribution in [0, 0.1) is 0 Å². The molecule has 1 aliphatic rings. The van der Waals surface area contributed by atoms with E-state index in [1.165, 1.54) is 270 Å². The summed E-state index contributed by atoms with van der Waals surface area (Å²) in [6.07, 6.45) is 74.3. The maximum Gasteiger partial charge on any atom is 0.305 e. The SMILES string of the molecule is CCCCCC/C=C/CC/C=C/C(O)C(COC1OC(CO)C(O)C(O)C1O)NC(=O)CCCCCCCCCCCCCCCCCCC/C=C\C/C=C\CCCCCCCCCCCCCCCOC(=O)CCCCCCCCCCCCC. The van der Waals surface area contributed by atoms with Crippen molar-refractivity contribution in [3.8, 4) is 0 Å². The summed E-state index contributed by atoms with van der Waals surface area (Å²) in [7, 11) is 0. The number of aliphatic hydroxyl groups excluding tert-OH is 5. The minimum Gasteiger partial charge on any atom is -0.466 e. The van der Waals surface area contributed by atoms with E-state index in [1.54, 1.807) is 6.08 Å². The molecule has 1 aliphatic heterocycles. The highest BCUT2D eigenvalue weighted by molar-refractivity contribution is 5.76. The second kappa shape index (κ2) is 64.2. The van der Waals surface area contributed by atoms with Crippen LogP contribution in [0.4, 0.5) is 0 Å². The summed E-state index contributed by atoms with van der Waals surface area (Å²) >= 11 is 0. The average molecular weight is 1210 g/mol. The second-order valence-electron chi connectivity index (χ2n) is 25.6. The van der Waals surface area contributed by atoms with Gasteiger partial charge >= 0.3 is 5.97 Å². The quantitative estimate of drug-likeness (QED) is 0.0195. The zero-order chi connectivity index (χ0) is 62.3. The van der Waals surface area contributed by atoms with Crippen molar-refractivity contribution in [1.82, 2.24) is 5.32 Å². The highest BCUT2D eigenvalue weighted by Gasteiger charge is 2.44. The van der Waals surface area contributed by atoms with Crippen molar-refractivity contribution in [2.45, 2.75) is 397 Å². The van der Waals surface area contributed by atoms with Crippen LogP contribution in [0.2, 0.25) is 0 Å². The first-order chi connectivity index (χ1) is 42.2. The van der Waals surface area contributed by atoms with Gasteiger partial charge in [-0.2, -0.15) is 0 Å². The van der Waals surface area contributed by atoms with E-state index < -0.39 is 49.5 Å². The van der Waals surface area contributed by atoms with Gasteiger partial charge in [0.05, 0.1) is 32.0 Å². The summed E-state index contributed by atoms with van der Waals surface area (Å²) in [6, 6.07) is -0.825. The topological polar surface area (TPSA) is 175 Å². The molecule has 6 N–H and O–H groups in total. The number of allylic oxidation sites excluding steroid dienone is 7. The molecule has 1 amide bonds. The van der Waals surface area contributed by atoms with Gasteiger partial charge in [0, 0.05) is 12.8 Å². The fourth-order valence-electron chi connectivity index (χ4n) is 11.6. The number of rotatable bonds is 65. The highest BCUT2D eigenvalue weighted by atomic mass is 16.7. The molecule has 1 fully saturated rings. The summed E-state index contributed by atoms with van der Waals surface area (Å²) in [5.74, 6) is -0.178. The zero-order valence-electron chi connectivity index (χ0n) is 56.0. The summed E-state index contributed by atoms with van der Waals surface area (Å²) in [4.78, 5) is 25.0. The lowest BCUT2D eigenvalue weighted by atomic mass is 9.99. The standard InChI is InChI=1S/C75H139NO10/c1-3-5-7-9-11-13-42-47-51-55-59-63-71(80)84-64-60-56-52-48-44-41-39-37-35-33-31-29-27-25-23-21-19-17-15-16-18-20-22-24-26-28-30-32-34-36-38-40-43-46-50-54-58-62-70(79)76-67(66-85-75-74(83)73(82)72(81)69(65-77)86-75)68(78)61-57-53-49-45-14-12-10-8-6-4-2/h14-15,17,21,23,45,57,61,67-69,72-75,77-78,81-83H,3-13,16,18-20,22,24-44,46-56,58-60,62-66H2,1-2H3,(H,76,79)/b17-15-,23-21-,45-14+,61-57+. The Labute approximate surface area is 529 Å². The number of ether oxygens (including phenoxy) is 3. The molecule has 0 bridgehead atoms. The predicted octanol–water partition coefficient (Wildman–Crippen LogP) is 19.1. The molecule has 0 aromatic heterocycles. The van der Waals surface area contributed by atoms with Crippen molar-refractivity contribution >= 4 is 11.9 Å². The molecule has 504 valence electrons. The molecular weight excluding hydrogens is 1070 g/mol. The fraction of sp³-hybridized carbons (Fsp3) is 0.867. The Kier molecular flexibility index (Phi) is 60.9. The third-order valence-corrected chi connectivity index (χ3v) is 17.4. The van der Waals surface area contributed by atoms with Crippen molar-refractivity contribution in [1.29, 1.82) is 0 Å². The number of unbranched alkanes of at least 4 members (excludes halogenated alkanes) is 45. The number of amides is 1. The number of hydrogen-bond acceptors (Lipinski definition) is 10. The van der Waals surface area contributed by atoms with Gasteiger partial charge in [-0.25, -0.2) is 0 Å². The number of carbonyl (C=O) groups excluding carboxylic acids is 2. The van der Waals surface area contributed by atoms with E-state index in [0.717, 1.165) is 57.8 Å². The lowest BCUT2D eigenvalue weighted by molar-refractivity contribution is -0.302. The molecule has 1 heterocycles. The van der Waals surface area contributed by atoms with E-state index in [9.17, 15) is 35.1 Å². The number of esters is 1. The Morgan fingerprint density at radius 3 is 1.23 bits per heavy atom. The van der Waals surface area contributed by atoms with Crippen LogP contribution in [-0.4, -0.2) is 100 Å². The van der Waals surface area contributed by atoms with E-state index in [0.29, 0.717) is 19.4 Å². The Morgan fingerprint density at radius 1 is 0.430 bits per heavy atom. The summed E-state index contributed by atoms with van der Waals surface area (Å²) in [5, 5.41) is 54.3. The molecule has 0 aliphatic carbocycles. The van der Waals surface area contributed by atoms with Crippen LogP contribution in [0.1, 0.15) is 354 Å². The maximum atomic E-state index is 13.0. The molecule has 7 unspecified atom stereocenters. The molecule has 11 heteroatoms. The lowest BCUT2D eigenvalue weighted by Gasteiger charge is -2.40. The van der Waals surface area contributed by atoms with Crippen LogP contribution in [0.3, 0.4) is 0 Å². The third kappa shape index (κ3) is 52.4. The Morgan fingerprint density at radius 2 is 0.791 bits per heavy atom. The van der Waals surface area contributed by atoms with E-state index >= 15 is 0 Å². The van der Waals surface area contributed by atoms with Gasteiger partial charge < -0.3 is 45.1 Å². The van der Waals surface area contributed by atoms with Gasteiger partial charge in [-0.3, -0.25) is 9.59 Å². The molecule has 0 aromatic rings. The second-order valence-corrected chi connectivity index (χ2v) is 25.6. The third-order valence-electron chi connectivity index (χ3n) is 17.4. The van der Waals surface area contributed by atoms with Gasteiger partial charge in [0.15, 0.2) is 6.29 Å². The Bertz CT molecular complexity index is 1570.